The Bertz CT molecular complexity index is 848. The van der Waals surface area contributed by atoms with Gasteiger partial charge in [-0.05, 0) is 56.8 Å². The van der Waals surface area contributed by atoms with Gasteiger partial charge >= 0.3 is 0 Å². The van der Waals surface area contributed by atoms with Gasteiger partial charge in [0, 0.05) is 6.07 Å². The summed E-state index contributed by atoms with van der Waals surface area (Å²) in [6.07, 6.45) is 3.20. The van der Waals surface area contributed by atoms with Crippen LogP contribution < -0.4 is 10.1 Å². The Hall–Kier alpha value is -2.93. The van der Waals surface area contributed by atoms with Gasteiger partial charge in [0.15, 0.2) is 0 Å². The van der Waals surface area contributed by atoms with Crippen molar-refractivity contribution in [1.29, 1.82) is 0 Å². The van der Waals surface area contributed by atoms with E-state index in [0.717, 1.165) is 32.4 Å². The highest BCUT2D eigenvalue weighted by Crippen LogP contribution is 2.29. The fourth-order valence-corrected chi connectivity index (χ4v) is 3.79. The lowest BCUT2D eigenvalue weighted by molar-refractivity contribution is -0.384. The summed E-state index contributed by atoms with van der Waals surface area (Å²) < 4.78 is 5.20. The average Bonchev–Trinajstić information content (AvgIpc) is 2.74. The standard InChI is InChI=1S/C22H27N3O4/c1-16(22(26)23-20-9-8-19(25(27)28)15-21(20)29-2)24-12-10-18(11-13-24)14-17-6-4-3-5-7-17/h3-9,15-16,18H,10-14H2,1-2H3,(H,23,26)/t16-/m1/s1. The Morgan fingerprint density at radius 1 is 1.24 bits per heavy atom. The number of non-ortho nitro benzene ring substituents is 1. The van der Waals surface area contributed by atoms with Crippen molar-refractivity contribution in [2.75, 3.05) is 25.5 Å². The number of hydrogen-bond donors (Lipinski definition) is 1. The minimum atomic E-state index is -0.490. The molecule has 1 aliphatic rings. The van der Waals surface area contributed by atoms with Gasteiger partial charge in [-0.2, -0.15) is 0 Å². The van der Waals surface area contributed by atoms with Crippen molar-refractivity contribution in [3.63, 3.8) is 0 Å². The summed E-state index contributed by atoms with van der Waals surface area (Å²) >= 11 is 0. The summed E-state index contributed by atoms with van der Waals surface area (Å²) in [5, 5.41) is 13.8. The number of amides is 1. The van der Waals surface area contributed by atoms with Gasteiger partial charge in [-0.3, -0.25) is 19.8 Å². The molecule has 1 atom stereocenters. The minimum Gasteiger partial charge on any atom is -0.494 e. The largest absolute Gasteiger partial charge is 0.494 e. The Kier molecular flexibility index (Phi) is 6.82. The van der Waals surface area contributed by atoms with Crippen LogP contribution in [0.1, 0.15) is 25.3 Å². The number of rotatable bonds is 7. The number of benzene rings is 2. The Balaban J connectivity index is 1.55. The highest BCUT2D eigenvalue weighted by Gasteiger charge is 2.27. The normalized spacial score (nSPS) is 16.2. The molecule has 3 rings (SSSR count). The molecule has 1 saturated heterocycles. The van der Waals surface area contributed by atoms with Gasteiger partial charge in [0.1, 0.15) is 5.75 Å². The third-order valence-corrected chi connectivity index (χ3v) is 5.60. The molecule has 0 bridgehead atoms. The summed E-state index contributed by atoms with van der Waals surface area (Å²) in [7, 11) is 1.43. The van der Waals surface area contributed by atoms with E-state index in [1.54, 1.807) is 0 Å². The van der Waals surface area contributed by atoms with Crippen molar-refractivity contribution >= 4 is 17.3 Å². The molecule has 0 aliphatic carbocycles. The van der Waals surface area contributed by atoms with Crippen LogP contribution in [-0.4, -0.2) is 42.0 Å². The average molecular weight is 397 g/mol. The van der Waals surface area contributed by atoms with Crippen LogP contribution in [0, 0.1) is 16.0 Å². The number of nitro benzene ring substituents is 1. The molecule has 0 unspecified atom stereocenters. The summed E-state index contributed by atoms with van der Waals surface area (Å²) in [6, 6.07) is 14.4. The molecule has 0 spiro atoms. The van der Waals surface area contributed by atoms with Crippen molar-refractivity contribution in [3.05, 3.63) is 64.2 Å². The number of anilines is 1. The molecular formula is C22H27N3O4. The molecule has 2 aromatic rings. The maximum atomic E-state index is 12.7. The summed E-state index contributed by atoms with van der Waals surface area (Å²) in [5.74, 6) is 0.777. The zero-order chi connectivity index (χ0) is 20.8. The lowest BCUT2D eigenvalue weighted by Gasteiger charge is -2.35. The van der Waals surface area contributed by atoms with E-state index in [1.165, 1.54) is 30.9 Å². The predicted molar refractivity (Wildman–Crippen MR) is 112 cm³/mol. The number of nitro groups is 1. The highest BCUT2D eigenvalue weighted by molar-refractivity contribution is 5.96. The third-order valence-electron chi connectivity index (χ3n) is 5.60. The first-order chi connectivity index (χ1) is 14.0. The van der Waals surface area contributed by atoms with Crippen molar-refractivity contribution in [1.82, 2.24) is 4.90 Å². The second kappa shape index (κ2) is 9.52. The number of nitrogens with zero attached hydrogens (tertiary/aromatic N) is 2. The number of piperidine rings is 1. The van der Waals surface area contributed by atoms with E-state index in [9.17, 15) is 14.9 Å². The van der Waals surface area contributed by atoms with E-state index in [4.69, 9.17) is 4.74 Å². The van der Waals surface area contributed by atoms with E-state index in [0.29, 0.717) is 11.6 Å². The molecule has 1 aliphatic heterocycles. The summed E-state index contributed by atoms with van der Waals surface area (Å²) in [6.45, 7) is 3.65. The SMILES string of the molecule is COc1cc([N+](=O)[O-])ccc1NC(=O)[C@@H](C)N1CCC(Cc2ccccc2)CC1. The highest BCUT2D eigenvalue weighted by atomic mass is 16.6. The van der Waals surface area contributed by atoms with E-state index in [-0.39, 0.29) is 23.4 Å². The Morgan fingerprint density at radius 2 is 1.93 bits per heavy atom. The van der Waals surface area contributed by atoms with Crippen molar-refractivity contribution in [2.24, 2.45) is 5.92 Å². The number of carbonyl (C=O) groups excluding carboxylic acids is 1. The molecule has 0 saturated carbocycles. The molecule has 0 aromatic heterocycles. The lowest BCUT2D eigenvalue weighted by atomic mass is 9.89. The van der Waals surface area contributed by atoms with E-state index >= 15 is 0 Å². The van der Waals surface area contributed by atoms with Crippen LogP contribution in [0.4, 0.5) is 11.4 Å². The first-order valence-corrected chi connectivity index (χ1v) is 9.89. The molecule has 0 radical (unpaired) electrons. The molecule has 154 valence electrons. The van der Waals surface area contributed by atoms with Crippen LogP contribution in [0.2, 0.25) is 0 Å². The maximum Gasteiger partial charge on any atom is 0.273 e. The van der Waals surface area contributed by atoms with Gasteiger partial charge in [0.2, 0.25) is 5.91 Å². The number of nitrogens with one attached hydrogen (secondary N) is 1. The fourth-order valence-electron chi connectivity index (χ4n) is 3.79. The molecule has 7 nitrogen and oxygen atoms in total. The first kappa shape index (κ1) is 20.8. The topological polar surface area (TPSA) is 84.7 Å². The Morgan fingerprint density at radius 3 is 2.55 bits per heavy atom. The molecular weight excluding hydrogens is 370 g/mol. The maximum absolute atomic E-state index is 12.7. The van der Waals surface area contributed by atoms with E-state index in [1.807, 2.05) is 13.0 Å². The monoisotopic (exact) mass is 397 g/mol. The molecule has 1 N–H and O–H groups in total. The lowest BCUT2D eigenvalue weighted by Crippen LogP contribution is -2.46. The summed E-state index contributed by atoms with van der Waals surface area (Å²) in [5.41, 5.74) is 1.73. The number of likely N-dealkylation sites (tertiary alicyclic amines) is 1. The third kappa shape index (κ3) is 5.32. The van der Waals surface area contributed by atoms with Crippen LogP contribution >= 0.6 is 0 Å². The number of ether oxygens (including phenoxy) is 1. The zero-order valence-electron chi connectivity index (χ0n) is 16.8. The predicted octanol–water partition coefficient (Wildman–Crippen LogP) is 3.89. The second-order valence-electron chi connectivity index (χ2n) is 7.48. The van der Waals surface area contributed by atoms with E-state index < -0.39 is 4.92 Å². The van der Waals surface area contributed by atoms with Gasteiger partial charge in [0.25, 0.3) is 5.69 Å². The van der Waals surface area contributed by atoms with Crippen LogP contribution in [0.3, 0.4) is 0 Å². The van der Waals surface area contributed by atoms with E-state index in [2.05, 4.69) is 34.5 Å². The van der Waals surface area contributed by atoms with Crippen LogP contribution in [0.25, 0.3) is 0 Å². The van der Waals surface area contributed by atoms with Gasteiger partial charge in [0.05, 0.1) is 29.8 Å². The molecule has 1 fully saturated rings. The first-order valence-electron chi connectivity index (χ1n) is 9.89. The van der Waals surface area contributed by atoms with Gasteiger partial charge in [-0.1, -0.05) is 30.3 Å². The van der Waals surface area contributed by atoms with Crippen molar-refractivity contribution in [3.8, 4) is 5.75 Å². The van der Waals surface area contributed by atoms with Crippen molar-refractivity contribution < 1.29 is 14.5 Å². The smallest absolute Gasteiger partial charge is 0.273 e. The molecule has 1 heterocycles. The molecule has 29 heavy (non-hydrogen) atoms. The van der Waals surface area contributed by atoms with Gasteiger partial charge in [-0.15, -0.1) is 0 Å². The van der Waals surface area contributed by atoms with Gasteiger partial charge in [-0.25, -0.2) is 0 Å². The van der Waals surface area contributed by atoms with Crippen LogP contribution in [0.5, 0.6) is 5.75 Å². The van der Waals surface area contributed by atoms with Gasteiger partial charge < -0.3 is 10.1 Å². The van der Waals surface area contributed by atoms with Crippen LogP contribution in [-0.2, 0) is 11.2 Å². The number of methoxy groups -OCH3 is 1. The Labute approximate surface area is 170 Å². The quantitative estimate of drug-likeness (QED) is 0.566. The minimum absolute atomic E-state index is 0.0756. The molecule has 7 heteroatoms. The van der Waals surface area contributed by atoms with Crippen LogP contribution in [0.15, 0.2) is 48.5 Å². The number of hydrogen-bond acceptors (Lipinski definition) is 5. The second-order valence-corrected chi connectivity index (χ2v) is 7.48. The molecule has 2 aromatic carbocycles. The van der Waals surface area contributed by atoms with Crippen molar-refractivity contribution in [2.45, 2.75) is 32.2 Å². The summed E-state index contributed by atoms with van der Waals surface area (Å²) in [4.78, 5) is 25.3. The molecule has 1 amide bonds. The fraction of sp³-hybridized carbons (Fsp3) is 0.409. The number of carbonyl (C=O) groups is 1. The zero-order valence-corrected chi connectivity index (χ0v) is 16.8.